The number of nitrogens with one attached hydrogen (secondary N) is 1. The van der Waals surface area contributed by atoms with Gasteiger partial charge in [0, 0.05) is 10.8 Å². The van der Waals surface area contributed by atoms with Crippen LogP contribution in [0.2, 0.25) is 0 Å². The van der Waals surface area contributed by atoms with E-state index in [0.29, 0.717) is 36.5 Å². The zero-order valence-corrected chi connectivity index (χ0v) is 15.8. The van der Waals surface area contributed by atoms with Gasteiger partial charge in [0.1, 0.15) is 5.00 Å². The fourth-order valence-electron chi connectivity index (χ4n) is 3.72. The molecule has 1 aromatic rings. The number of hydrogen-bond acceptors (Lipinski definition) is 6. The van der Waals surface area contributed by atoms with Crippen molar-refractivity contribution in [2.24, 2.45) is 11.7 Å². The van der Waals surface area contributed by atoms with E-state index in [1.165, 1.54) is 23.3 Å². The number of methoxy groups -OCH3 is 1. The number of carbonyl (C=O) groups excluding carboxylic acids is 3. The molecule has 142 valence electrons. The number of fused-ring (bicyclic) bond motifs is 1. The average molecular weight is 379 g/mol. The molecule has 2 heterocycles. The van der Waals surface area contributed by atoms with Crippen molar-refractivity contribution in [3.63, 3.8) is 0 Å². The van der Waals surface area contributed by atoms with Crippen molar-refractivity contribution in [1.29, 1.82) is 0 Å². The fraction of sp³-hybridized carbons (Fsp3) is 0.611. The Morgan fingerprint density at radius 3 is 2.58 bits per heavy atom. The highest BCUT2D eigenvalue weighted by Gasteiger charge is 2.28. The third-order valence-electron chi connectivity index (χ3n) is 5.17. The number of carbonyl (C=O) groups is 3. The Labute approximate surface area is 156 Å². The number of ether oxygens (including phenoxy) is 1. The van der Waals surface area contributed by atoms with E-state index in [1.54, 1.807) is 0 Å². The van der Waals surface area contributed by atoms with Crippen LogP contribution >= 0.6 is 11.3 Å². The first-order valence-corrected chi connectivity index (χ1v) is 9.85. The van der Waals surface area contributed by atoms with Gasteiger partial charge >= 0.3 is 5.97 Å². The van der Waals surface area contributed by atoms with Gasteiger partial charge in [-0.25, -0.2) is 4.79 Å². The minimum absolute atomic E-state index is 0.0933. The molecule has 2 amide bonds. The van der Waals surface area contributed by atoms with Crippen LogP contribution in [0.3, 0.4) is 0 Å². The third kappa shape index (κ3) is 4.07. The van der Waals surface area contributed by atoms with E-state index in [-0.39, 0.29) is 30.2 Å². The number of nitrogens with zero attached hydrogens (tertiary/aromatic N) is 1. The zero-order chi connectivity index (χ0) is 18.7. The summed E-state index contributed by atoms with van der Waals surface area (Å²) < 4.78 is 4.93. The molecule has 0 bridgehead atoms. The first-order valence-electron chi connectivity index (χ1n) is 9.04. The van der Waals surface area contributed by atoms with Crippen molar-refractivity contribution >= 4 is 34.1 Å². The first kappa shape index (κ1) is 18.8. The van der Waals surface area contributed by atoms with Crippen LogP contribution in [0, 0.1) is 5.92 Å². The lowest BCUT2D eigenvalue weighted by Crippen LogP contribution is -2.42. The summed E-state index contributed by atoms with van der Waals surface area (Å²) in [5.41, 5.74) is 6.90. The predicted molar refractivity (Wildman–Crippen MR) is 99.3 cm³/mol. The van der Waals surface area contributed by atoms with Crippen LogP contribution in [-0.4, -0.2) is 49.4 Å². The van der Waals surface area contributed by atoms with Crippen molar-refractivity contribution in [1.82, 2.24) is 4.90 Å². The second-order valence-electron chi connectivity index (χ2n) is 6.91. The number of primary amides is 1. The largest absolute Gasteiger partial charge is 0.465 e. The van der Waals surface area contributed by atoms with E-state index in [0.717, 1.165) is 31.2 Å². The van der Waals surface area contributed by atoms with Gasteiger partial charge in [-0.1, -0.05) is 0 Å². The van der Waals surface area contributed by atoms with Gasteiger partial charge in [0.2, 0.25) is 11.8 Å². The molecule has 26 heavy (non-hydrogen) atoms. The maximum absolute atomic E-state index is 12.5. The third-order valence-corrected chi connectivity index (χ3v) is 6.38. The summed E-state index contributed by atoms with van der Waals surface area (Å²) in [5, 5.41) is 3.51. The lowest BCUT2D eigenvalue weighted by atomic mass is 9.95. The number of esters is 1. The average Bonchev–Trinajstić information content (AvgIpc) is 2.99. The van der Waals surface area contributed by atoms with Gasteiger partial charge in [-0.3, -0.25) is 14.5 Å². The van der Waals surface area contributed by atoms with E-state index < -0.39 is 0 Å². The summed E-state index contributed by atoms with van der Waals surface area (Å²) in [4.78, 5) is 39.1. The highest BCUT2D eigenvalue weighted by molar-refractivity contribution is 7.17. The number of piperidine rings is 1. The number of aryl methyl sites for hydroxylation is 1. The number of anilines is 1. The zero-order valence-electron chi connectivity index (χ0n) is 15.0. The standard InChI is InChI=1S/C18H25N3O4S/c1-25-18(24)15-12-4-2-3-5-13(12)26-17(15)20-14(22)10-21-8-6-11(7-9-21)16(19)23/h11H,2-10H2,1H3,(H2,19,23)(H,20,22). The van der Waals surface area contributed by atoms with Crippen molar-refractivity contribution < 1.29 is 19.1 Å². The smallest absolute Gasteiger partial charge is 0.341 e. The van der Waals surface area contributed by atoms with Crippen LogP contribution in [0.25, 0.3) is 0 Å². The van der Waals surface area contributed by atoms with Gasteiger partial charge in [0.15, 0.2) is 0 Å². The monoisotopic (exact) mass is 379 g/mol. The summed E-state index contributed by atoms with van der Waals surface area (Å²) in [6.45, 7) is 1.59. The predicted octanol–water partition coefficient (Wildman–Crippen LogP) is 1.55. The number of nitrogens with two attached hydrogens (primary N) is 1. The molecule has 0 aromatic carbocycles. The topological polar surface area (TPSA) is 102 Å². The molecule has 3 N–H and O–H groups in total. The van der Waals surface area contributed by atoms with Crippen molar-refractivity contribution in [2.45, 2.75) is 38.5 Å². The Morgan fingerprint density at radius 2 is 1.92 bits per heavy atom. The molecule has 1 aliphatic heterocycles. The van der Waals surface area contributed by atoms with Crippen LogP contribution in [0.15, 0.2) is 0 Å². The Balaban J connectivity index is 1.65. The molecule has 0 atom stereocenters. The molecule has 0 unspecified atom stereocenters. The highest BCUT2D eigenvalue weighted by Crippen LogP contribution is 2.38. The highest BCUT2D eigenvalue weighted by atomic mass is 32.1. The summed E-state index contributed by atoms with van der Waals surface area (Å²) in [5.74, 6) is -0.890. The molecule has 8 heteroatoms. The van der Waals surface area contributed by atoms with Gasteiger partial charge in [-0.15, -0.1) is 11.3 Å². The second-order valence-corrected chi connectivity index (χ2v) is 8.01. The number of thiophene rings is 1. The van der Waals surface area contributed by atoms with Crippen LogP contribution in [0.4, 0.5) is 5.00 Å². The molecule has 2 aliphatic rings. The fourth-order valence-corrected chi connectivity index (χ4v) is 5.01. The molecule has 0 saturated carbocycles. The molecule has 1 aliphatic carbocycles. The van der Waals surface area contributed by atoms with E-state index >= 15 is 0 Å². The molecule has 0 spiro atoms. The quantitative estimate of drug-likeness (QED) is 0.756. The van der Waals surface area contributed by atoms with Gasteiger partial charge < -0.3 is 15.8 Å². The van der Waals surface area contributed by atoms with Gasteiger partial charge in [-0.05, 0) is 57.2 Å². The number of likely N-dealkylation sites (tertiary alicyclic amines) is 1. The Hall–Kier alpha value is -1.93. The second kappa shape index (κ2) is 8.18. The maximum Gasteiger partial charge on any atom is 0.341 e. The minimum Gasteiger partial charge on any atom is -0.465 e. The van der Waals surface area contributed by atoms with E-state index in [9.17, 15) is 14.4 Å². The van der Waals surface area contributed by atoms with Crippen LogP contribution in [0.5, 0.6) is 0 Å². The SMILES string of the molecule is COC(=O)c1c(NC(=O)CN2CCC(C(N)=O)CC2)sc2c1CCCC2. The lowest BCUT2D eigenvalue weighted by Gasteiger charge is -2.29. The van der Waals surface area contributed by atoms with Crippen LogP contribution < -0.4 is 11.1 Å². The normalized spacial score (nSPS) is 18.2. The Morgan fingerprint density at radius 1 is 1.23 bits per heavy atom. The van der Waals surface area contributed by atoms with Crippen LogP contribution in [0.1, 0.15) is 46.5 Å². The summed E-state index contributed by atoms with van der Waals surface area (Å²) in [7, 11) is 1.36. The van der Waals surface area contributed by atoms with Crippen molar-refractivity contribution in [3.05, 3.63) is 16.0 Å². The number of rotatable bonds is 5. The summed E-state index contributed by atoms with van der Waals surface area (Å²) in [6.07, 6.45) is 5.33. The van der Waals surface area contributed by atoms with Gasteiger partial charge in [0.25, 0.3) is 0 Å². The Bertz CT molecular complexity index is 708. The van der Waals surface area contributed by atoms with Crippen molar-refractivity contribution in [3.8, 4) is 0 Å². The summed E-state index contributed by atoms with van der Waals surface area (Å²) in [6, 6.07) is 0. The molecule has 1 aromatic heterocycles. The van der Waals surface area contributed by atoms with Gasteiger partial charge in [-0.2, -0.15) is 0 Å². The van der Waals surface area contributed by atoms with E-state index in [1.807, 2.05) is 4.90 Å². The molecule has 1 saturated heterocycles. The van der Waals surface area contributed by atoms with Crippen molar-refractivity contribution in [2.75, 3.05) is 32.1 Å². The molecule has 7 nitrogen and oxygen atoms in total. The lowest BCUT2D eigenvalue weighted by molar-refractivity contribution is -0.123. The molecular formula is C18H25N3O4S. The number of amides is 2. The minimum atomic E-state index is -0.387. The molecule has 0 radical (unpaired) electrons. The first-order chi connectivity index (χ1) is 12.5. The van der Waals surface area contributed by atoms with E-state index in [2.05, 4.69) is 5.32 Å². The summed E-state index contributed by atoms with van der Waals surface area (Å²) >= 11 is 1.49. The van der Waals surface area contributed by atoms with E-state index in [4.69, 9.17) is 10.5 Å². The maximum atomic E-state index is 12.5. The van der Waals surface area contributed by atoms with Gasteiger partial charge in [0.05, 0.1) is 19.2 Å². The molecule has 3 rings (SSSR count). The van der Waals surface area contributed by atoms with Crippen LogP contribution in [-0.2, 0) is 27.2 Å². The Kier molecular flexibility index (Phi) is 5.93. The number of hydrogen-bond donors (Lipinski definition) is 2. The molecular weight excluding hydrogens is 354 g/mol. The molecule has 1 fully saturated rings.